The van der Waals surface area contributed by atoms with E-state index in [1.165, 1.54) is 0 Å². The van der Waals surface area contributed by atoms with E-state index < -0.39 is 23.7 Å². The highest BCUT2D eigenvalue weighted by molar-refractivity contribution is 5.80. The summed E-state index contributed by atoms with van der Waals surface area (Å²) in [6.07, 6.45) is -0.779. The first-order chi connectivity index (χ1) is 10.8. The summed E-state index contributed by atoms with van der Waals surface area (Å²) >= 11 is 0. The van der Waals surface area contributed by atoms with E-state index in [1.54, 1.807) is 20.8 Å². The van der Waals surface area contributed by atoms with Crippen LogP contribution in [0, 0.1) is 0 Å². The number of carbonyl (C=O) groups excluding carboxylic acids is 1. The summed E-state index contributed by atoms with van der Waals surface area (Å²) in [5.41, 5.74) is 0.247. The molecule has 0 radical (unpaired) electrons. The Hall–Kier alpha value is -2.08. The van der Waals surface area contributed by atoms with Crippen molar-refractivity contribution in [2.75, 3.05) is 6.61 Å². The second-order valence-electron chi connectivity index (χ2n) is 5.54. The fraction of sp³-hybridized carbons (Fsp3) is 0.529. The minimum absolute atomic E-state index is 0.135. The average molecular weight is 325 g/mol. The van der Waals surface area contributed by atoms with Crippen molar-refractivity contribution in [3.8, 4) is 0 Å². The number of ether oxygens (including phenoxy) is 2. The van der Waals surface area contributed by atoms with Crippen LogP contribution in [0.4, 0.5) is 4.79 Å². The molecule has 1 aromatic carbocycles. The van der Waals surface area contributed by atoms with Gasteiger partial charge < -0.3 is 19.9 Å². The largest absolute Gasteiger partial charge is 0.480 e. The normalized spacial score (nSPS) is 11.7. The topological polar surface area (TPSA) is 84.9 Å². The molecular weight excluding hydrogens is 298 g/mol. The molecule has 1 amide bonds. The summed E-state index contributed by atoms with van der Waals surface area (Å²) in [6.45, 7) is 9.25. The Labute approximate surface area is 137 Å². The molecule has 0 saturated carbocycles. The van der Waals surface area contributed by atoms with Crippen LogP contribution in [0.5, 0.6) is 0 Å². The third kappa shape index (κ3) is 10.3. The van der Waals surface area contributed by atoms with Gasteiger partial charge in [-0.2, -0.15) is 0 Å². The summed E-state index contributed by atoms with van der Waals surface area (Å²) in [5.74, 6) is -1.17. The Balaban J connectivity index is 0.00000232. The molecule has 0 aliphatic carbocycles. The van der Waals surface area contributed by atoms with Crippen LogP contribution in [0.1, 0.15) is 40.2 Å². The Kier molecular flexibility index (Phi) is 9.65. The van der Waals surface area contributed by atoms with Gasteiger partial charge in [0.2, 0.25) is 0 Å². The van der Waals surface area contributed by atoms with E-state index in [1.807, 2.05) is 44.2 Å². The first-order valence-corrected chi connectivity index (χ1v) is 7.62. The van der Waals surface area contributed by atoms with Crippen LogP contribution in [0.2, 0.25) is 0 Å². The molecule has 0 aliphatic rings. The number of carboxylic acids is 1. The number of carbonyl (C=O) groups is 2. The molecule has 0 unspecified atom stereocenters. The highest BCUT2D eigenvalue weighted by atomic mass is 16.6. The van der Waals surface area contributed by atoms with Gasteiger partial charge in [-0.15, -0.1) is 0 Å². The maximum absolute atomic E-state index is 11.6. The Bertz CT molecular complexity index is 468. The summed E-state index contributed by atoms with van der Waals surface area (Å²) in [5, 5.41) is 11.3. The Morgan fingerprint density at radius 2 is 1.74 bits per heavy atom. The highest BCUT2D eigenvalue weighted by Crippen LogP contribution is 2.07. The second-order valence-corrected chi connectivity index (χ2v) is 5.54. The maximum atomic E-state index is 11.6. The van der Waals surface area contributed by atoms with Gasteiger partial charge in [-0.3, -0.25) is 0 Å². The average Bonchev–Trinajstić information content (AvgIpc) is 2.47. The highest BCUT2D eigenvalue weighted by Gasteiger charge is 2.24. The van der Waals surface area contributed by atoms with Gasteiger partial charge in [-0.05, 0) is 26.3 Å². The van der Waals surface area contributed by atoms with Gasteiger partial charge in [0.15, 0.2) is 6.04 Å². The van der Waals surface area contributed by atoms with E-state index in [9.17, 15) is 9.59 Å². The van der Waals surface area contributed by atoms with Gasteiger partial charge in [0, 0.05) is 0 Å². The lowest BCUT2D eigenvalue weighted by Crippen LogP contribution is -2.46. The summed E-state index contributed by atoms with van der Waals surface area (Å²) in [6, 6.07) is 8.21. The number of hydrogen-bond acceptors (Lipinski definition) is 4. The fourth-order valence-corrected chi connectivity index (χ4v) is 1.49. The minimum atomic E-state index is -1.17. The number of rotatable bonds is 6. The van der Waals surface area contributed by atoms with Crippen LogP contribution in [0.15, 0.2) is 30.3 Å². The molecule has 0 aromatic heterocycles. The molecule has 1 rings (SSSR count). The molecule has 23 heavy (non-hydrogen) atoms. The molecule has 0 aliphatic heterocycles. The Morgan fingerprint density at radius 1 is 1.17 bits per heavy atom. The predicted octanol–water partition coefficient (Wildman–Crippen LogP) is 3.21. The van der Waals surface area contributed by atoms with Gasteiger partial charge in [0.25, 0.3) is 0 Å². The zero-order valence-electron chi connectivity index (χ0n) is 14.5. The van der Waals surface area contributed by atoms with E-state index in [0.717, 1.165) is 5.56 Å². The quantitative estimate of drug-likeness (QED) is 0.839. The fourth-order valence-electron chi connectivity index (χ4n) is 1.49. The standard InChI is InChI=1S/C15H21NO5.C2H6/c1-15(2,3)21-14(19)16-12(13(17)18)10-20-9-11-7-5-4-6-8-11;1-2/h4-8,12H,9-10H2,1-3H3,(H,16,19)(H,17,18);1-2H3/t12-;/m1./s1. The van der Waals surface area contributed by atoms with E-state index in [0.29, 0.717) is 0 Å². The molecule has 0 bridgehead atoms. The van der Waals surface area contributed by atoms with E-state index in [4.69, 9.17) is 14.6 Å². The van der Waals surface area contributed by atoms with Crippen LogP contribution < -0.4 is 5.32 Å². The summed E-state index contributed by atoms with van der Waals surface area (Å²) < 4.78 is 10.3. The zero-order valence-corrected chi connectivity index (χ0v) is 14.5. The van der Waals surface area contributed by atoms with Crippen LogP contribution >= 0.6 is 0 Å². The van der Waals surface area contributed by atoms with Crippen molar-refractivity contribution in [2.24, 2.45) is 0 Å². The number of carboxylic acid groups (broad SMARTS) is 1. The van der Waals surface area contributed by atoms with Crippen LogP contribution in [-0.2, 0) is 20.9 Å². The molecule has 1 aromatic rings. The smallest absolute Gasteiger partial charge is 0.408 e. The predicted molar refractivity (Wildman–Crippen MR) is 88.2 cm³/mol. The van der Waals surface area contributed by atoms with E-state index in [-0.39, 0.29) is 13.2 Å². The molecule has 0 saturated heterocycles. The summed E-state index contributed by atoms with van der Waals surface area (Å²) in [4.78, 5) is 22.6. The van der Waals surface area contributed by atoms with Crippen molar-refractivity contribution in [1.29, 1.82) is 0 Å². The van der Waals surface area contributed by atoms with E-state index >= 15 is 0 Å². The molecule has 0 spiro atoms. The lowest BCUT2D eigenvalue weighted by molar-refractivity contribution is -0.141. The third-order valence-corrected chi connectivity index (χ3v) is 2.39. The van der Waals surface area contributed by atoms with Gasteiger partial charge in [-0.25, -0.2) is 9.59 Å². The lowest BCUT2D eigenvalue weighted by atomic mass is 10.2. The SMILES string of the molecule is CC.CC(C)(C)OC(=O)N[C@H](COCc1ccccc1)C(=O)O. The molecule has 0 fully saturated rings. The summed E-state index contributed by atoms with van der Waals surface area (Å²) in [7, 11) is 0. The monoisotopic (exact) mass is 325 g/mol. The minimum Gasteiger partial charge on any atom is -0.480 e. The van der Waals surface area contributed by atoms with Gasteiger partial charge in [0.1, 0.15) is 5.60 Å². The molecule has 1 atom stereocenters. The van der Waals surface area contributed by atoms with Crippen molar-refractivity contribution in [2.45, 2.75) is 52.9 Å². The number of hydrogen-bond donors (Lipinski definition) is 2. The van der Waals surface area contributed by atoms with Crippen molar-refractivity contribution < 1.29 is 24.2 Å². The van der Waals surface area contributed by atoms with Crippen LogP contribution in [-0.4, -0.2) is 35.4 Å². The molecule has 0 heterocycles. The zero-order chi connectivity index (χ0) is 17.9. The van der Waals surface area contributed by atoms with Crippen LogP contribution in [0.3, 0.4) is 0 Å². The maximum Gasteiger partial charge on any atom is 0.408 e. The molecular formula is C17H27NO5. The third-order valence-electron chi connectivity index (χ3n) is 2.39. The van der Waals surface area contributed by atoms with Crippen LogP contribution in [0.25, 0.3) is 0 Å². The second kappa shape index (κ2) is 10.6. The van der Waals surface area contributed by atoms with Crippen molar-refractivity contribution in [3.63, 3.8) is 0 Å². The number of nitrogens with one attached hydrogen (secondary N) is 1. The van der Waals surface area contributed by atoms with Crippen molar-refractivity contribution in [3.05, 3.63) is 35.9 Å². The van der Waals surface area contributed by atoms with Crippen molar-refractivity contribution >= 4 is 12.1 Å². The van der Waals surface area contributed by atoms with Gasteiger partial charge >= 0.3 is 12.1 Å². The van der Waals surface area contributed by atoms with E-state index in [2.05, 4.69) is 5.32 Å². The van der Waals surface area contributed by atoms with Gasteiger partial charge in [0.05, 0.1) is 13.2 Å². The molecule has 6 nitrogen and oxygen atoms in total. The molecule has 2 N–H and O–H groups in total. The number of benzene rings is 1. The first kappa shape index (κ1) is 20.9. The number of aliphatic carboxylic acids is 1. The number of amides is 1. The molecule has 130 valence electrons. The molecule has 6 heteroatoms. The Morgan fingerprint density at radius 3 is 2.22 bits per heavy atom. The lowest BCUT2D eigenvalue weighted by Gasteiger charge is -2.22. The number of alkyl carbamates (subject to hydrolysis) is 1. The van der Waals surface area contributed by atoms with Gasteiger partial charge in [-0.1, -0.05) is 44.2 Å². The van der Waals surface area contributed by atoms with Crippen molar-refractivity contribution in [1.82, 2.24) is 5.32 Å². The first-order valence-electron chi connectivity index (χ1n) is 7.62.